The molecule has 6 nitrogen and oxygen atoms in total. The second-order valence-electron chi connectivity index (χ2n) is 6.80. The first-order valence-electron chi connectivity index (χ1n) is 8.57. The average molecular weight is 353 g/mol. The Hall–Kier alpha value is -0.990. The van der Waals surface area contributed by atoms with Gasteiger partial charge in [-0.2, -0.15) is 17.0 Å². The van der Waals surface area contributed by atoms with Crippen LogP contribution < -0.4 is 5.73 Å². The number of benzene rings is 1. The molecular weight excluding hydrogens is 326 g/mol. The molecule has 7 heteroatoms. The summed E-state index contributed by atoms with van der Waals surface area (Å²) < 4.78 is 34.2. The van der Waals surface area contributed by atoms with Crippen LogP contribution in [0.4, 0.5) is 0 Å². The molecule has 0 unspecified atom stereocenters. The van der Waals surface area contributed by atoms with Gasteiger partial charge < -0.3 is 10.5 Å². The van der Waals surface area contributed by atoms with Crippen LogP contribution >= 0.6 is 0 Å². The molecule has 0 amide bonds. The first kappa shape index (κ1) is 17.8. The first-order valence-corrected chi connectivity index (χ1v) is 9.96. The molecule has 0 saturated carbocycles. The molecule has 2 fully saturated rings. The van der Waals surface area contributed by atoms with Crippen LogP contribution in [-0.4, -0.2) is 63.0 Å². The number of rotatable bonds is 5. The molecular formula is C17H27N3O3S. The smallest absolute Gasteiger partial charge is 0.282 e. The summed E-state index contributed by atoms with van der Waals surface area (Å²) in [5.41, 5.74) is 7.36. The van der Waals surface area contributed by atoms with Crippen molar-refractivity contribution >= 4 is 10.2 Å². The number of ether oxygens (including phenoxy) is 1. The summed E-state index contributed by atoms with van der Waals surface area (Å²) in [6.07, 6.45) is 1.71. The van der Waals surface area contributed by atoms with Gasteiger partial charge in [0.05, 0.1) is 0 Å². The molecule has 1 aromatic rings. The molecule has 134 valence electrons. The highest BCUT2D eigenvalue weighted by molar-refractivity contribution is 7.86. The van der Waals surface area contributed by atoms with Crippen LogP contribution in [0.15, 0.2) is 30.3 Å². The van der Waals surface area contributed by atoms with E-state index in [1.165, 1.54) is 0 Å². The predicted molar refractivity (Wildman–Crippen MR) is 93.8 cm³/mol. The molecule has 0 radical (unpaired) electrons. The molecule has 0 bridgehead atoms. The van der Waals surface area contributed by atoms with Crippen LogP contribution in [0.25, 0.3) is 0 Å². The van der Waals surface area contributed by atoms with Gasteiger partial charge in [0.2, 0.25) is 0 Å². The molecule has 1 aromatic carbocycles. The lowest BCUT2D eigenvalue weighted by Gasteiger charge is -2.33. The first-order chi connectivity index (χ1) is 11.5. The van der Waals surface area contributed by atoms with Crippen LogP contribution in [0.5, 0.6) is 0 Å². The van der Waals surface area contributed by atoms with Gasteiger partial charge in [0.15, 0.2) is 0 Å². The van der Waals surface area contributed by atoms with Crippen molar-refractivity contribution in [2.45, 2.75) is 24.8 Å². The molecule has 2 heterocycles. The maximum absolute atomic E-state index is 12.9. The molecule has 2 N–H and O–H groups in total. The summed E-state index contributed by atoms with van der Waals surface area (Å²) in [4.78, 5) is 0. The van der Waals surface area contributed by atoms with Gasteiger partial charge in [-0.25, -0.2) is 0 Å². The Morgan fingerprint density at radius 2 is 1.79 bits per heavy atom. The van der Waals surface area contributed by atoms with Crippen molar-refractivity contribution in [1.29, 1.82) is 0 Å². The van der Waals surface area contributed by atoms with E-state index in [1.54, 1.807) is 15.7 Å². The van der Waals surface area contributed by atoms with Crippen LogP contribution in [0.2, 0.25) is 0 Å². The Labute approximate surface area is 144 Å². The fraction of sp³-hybridized carbons (Fsp3) is 0.647. The van der Waals surface area contributed by atoms with E-state index in [1.807, 2.05) is 30.3 Å². The predicted octanol–water partition coefficient (Wildman–Crippen LogP) is 1.02. The molecule has 0 aromatic heterocycles. The van der Waals surface area contributed by atoms with Gasteiger partial charge in [-0.05, 0) is 24.3 Å². The van der Waals surface area contributed by atoms with Gasteiger partial charge in [0.1, 0.15) is 0 Å². The molecule has 0 spiro atoms. The number of nitrogens with zero attached hydrogens (tertiary/aromatic N) is 2. The molecule has 2 saturated heterocycles. The number of methoxy groups -OCH3 is 1. The van der Waals surface area contributed by atoms with E-state index in [9.17, 15) is 8.42 Å². The Kier molecular flexibility index (Phi) is 5.56. The lowest BCUT2D eigenvalue weighted by atomic mass is 9.95. The fourth-order valence-electron chi connectivity index (χ4n) is 3.74. The lowest BCUT2D eigenvalue weighted by molar-refractivity contribution is 0.120. The van der Waals surface area contributed by atoms with E-state index in [0.29, 0.717) is 38.7 Å². The van der Waals surface area contributed by atoms with Gasteiger partial charge in [-0.3, -0.25) is 0 Å². The molecule has 3 rings (SSSR count). The Morgan fingerprint density at radius 3 is 2.42 bits per heavy atom. The monoisotopic (exact) mass is 353 g/mol. The summed E-state index contributed by atoms with van der Waals surface area (Å²) in [6, 6.07) is 9.80. The average Bonchev–Trinajstić information content (AvgIpc) is 2.99. The number of nitrogens with two attached hydrogens (primary N) is 1. The van der Waals surface area contributed by atoms with Crippen LogP contribution in [0, 0.1) is 5.92 Å². The normalized spacial score (nSPS) is 27.6. The van der Waals surface area contributed by atoms with Crippen molar-refractivity contribution in [2.24, 2.45) is 11.7 Å². The maximum atomic E-state index is 12.9. The van der Waals surface area contributed by atoms with Gasteiger partial charge in [-0.1, -0.05) is 30.3 Å². The zero-order valence-corrected chi connectivity index (χ0v) is 15.0. The van der Waals surface area contributed by atoms with Gasteiger partial charge in [-0.15, -0.1) is 0 Å². The van der Waals surface area contributed by atoms with Crippen LogP contribution in [0.1, 0.15) is 24.3 Å². The summed E-state index contributed by atoms with van der Waals surface area (Å²) in [5, 5.41) is 0. The fourth-order valence-corrected chi connectivity index (χ4v) is 5.45. The summed E-state index contributed by atoms with van der Waals surface area (Å²) >= 11 is 0. The molecule has 2 atom stereocenters. The highest BCUT2D eigenvalue weighted by Crippen LogP contribution is 2.30. The van der Waals surface area contributed by atoms with Crippen molar-refractivity contribution in [3.63, 3.8) is 0 Å². The molecule has 2 aliphatic rings. The topological polar surface area (TPSA) is 75.9 Å². The minimum Gasteiger partial charge on any atom is -0.384 e. The van der Waals surface area contributed by atoms with Crippen LogP contribution in [0.3, 0.4) is 0 Å². The highest BCUT2D eigenvalue weighted by Gasteiger charge is 2.41. The van der Waals surface area contributed by atoms with E-state index in [-0.39, 0.29) is 12.0 Å². The number of piperidine rings is 1. The van der Waals surface area contributed by atoms with E-state index < -0.39 is 10.2 Å². The lowest BCUT2D eigenvalue weighted by Crippen LogP contribution is -2.47. The van der Waals surface area contributed by atoms with Gasteiger partial charge in [0.25, 0.3) is 10.2 Å². The molecule has 2 aliphatic heterocycles. The Morgan fingerprint density at radius 1 is 1.12 bits per heavy atom. The Balaban J connectivity index is 1.66. The SMILES string of the molecule is COCC1CCN(S(=O)(=O)N2C[C@H](c3ccccc3)[C@@H](N)C2)CC1. The van der Waals surface area contributed by atoms with Crippen molar-refractivity contribution < 1.29 is 13.2 Å². The number of hydrogen-bond acceptors (Lipinski definition) is 4. The molecule has 0 aliphatic carbocycles. The standard InChI is InChI=1S/C17H27N3O3S/c1-23-13-14-7-9-19(10-8-14)24(21,22)20-11-16(17(18)12-20)15-5-3-2-4-6-15/h2-6,14,16-17H,7-13,18H2,1H3/t16-,17+/m1/s1. The third-order valence-electron chi connectivity index (χ3n) is 5.19. The Bertz CT molecular complexity index is 630. The van der Waals surface area contributed by atoms with Crippen molar-refractivity contribution in [3.8, 4) is 0 Å². The van der Waals surface area contributed by atoms with E-state index in [2.05, 4.69) is 0 Å². The van der Waals surface area contributed by atoms with Gasteiger partial charge in [0, 0.05) is 51.9 Å². The zero-order chi connectivity index (χ0) is 17.2. The van der Waals surface area contributed by atoms with Crippen molar-refractivity contribution in [3.05, 3.63) is 35.9 Å². The van der Waals surface area contributed by atoms with Crippen molar-refractivity contribution in [1.82, 2.24) is 8.61 Å². The minimum absolute atomic E-state index is 0.0620. The van der Waals surface area contributed by atoms with E-state index >= 15 is 0 Å². The highest BCUT2D eigenvalue weighted by atomic mass is 32.2. The van der Waals surface area contributed by atoms with E-state index in [4.69, 9.17) is 10.5 Å². The van der Waals surface area contributed by atoms with Crippen molar-refractivity contribution in [2.75, 3.05) is 39.9 Å². The third-order valence-corrected chi connectivity index (χ3v) is 7.16. The van der Waals surface area contributed by atoms with Crippen LogP contribution in [-0.2, 0) is 14.9 Å². The molecule has 24 heavy (non-hydrogen) atoms. The maximum Gasteiger partial charge on any atom is 0.282 e. The second kappa shape index (κ2) is 7.49. The van der Waals surface area contributed by atoms with E-state index in [0.717, 1.165) is 18.4 Å². The zero-order valence-electron chi connectivity index (χ0n) is 14.2. The third kappa shape index (κ3) is 3.65. The second-order valence-corrected chi connectivity index (χ2v) is 8.73. The summed E-state index contributed by atoms with van der Waals surface area (Å²) in [5.74, 6) is 0.520. The minimum atomic E-state index is -3.43. The summed E-state index contributed by atoms with van der Waals surface area (Å²) in [7, 11) is -1.74. The van der Waals surface area contributed by atoms with Gasteiger partial charge >= 0.3 is 0 Å². The number of hydrogen-bond donors (Lipinski definition) is 1. The summed E-state index contributed by atoms with van der Waals surface area (Å²) in [6.45, 7) is 2.69. The largest absolute Gasteiger partial charge is 0.384 e. The quantitative estimate of drug-likeness (QED) is 0.857.